The fourth-order valence-electron chi connectivity index (χ4n) is 2.73. The number of halogens is 3. The highest BCUT2D eigenvalue weighted by molar-refractivity contribution is 9.09. The molecule has 1 aliphatic rings. The molecule has 0 radical (unpaired) electrons. The van der Waals surface area contributed by atoms with Gasteiger partial charge in [0.1, 0.15) is 11.6 Å². The van der Waals surface area contributed by atoms with E-state index in [2.05, 4.69) is 21.2 Å². The van der Waals surface area contributed by atoms with Crippen LogP contribution in [0.2, 0.25) is 0 Å². The summed E-state index contributed by atoms with van der Waals surface area (Å²) < 4.78 is 26.2. The minimum Gasteiger partial charge on any atom is -0.356 e. The van der Waals surface area contributed by atoms with E-state index in [0.717, 1.165) is 17.8 Å². The molecule has 0 saturated heterocycles. The number of alkyl halides is 1. The van der Waals surface area contributed by atoms with Crippen molar-refractivity contribution in [3.05, 3.63) is 35.4 Å². The molecule has 0 aromatic heterocycles. The molecular formula is C15H18BrF2NO. The molecule has 0 bridgehead atoms. The van der Waals surface area contributed by atoms with Gasteiger partial charge in [-0.15, -0.1) is 0 Å². The zero-order chi connectivity index (χ0) is 14.5. The van der Waals surface area contributed by atoms with Crippen molar-refractivity contribution < 1.29 is 13.6 Å². The highest BCUT2D eigenvalue weighted by Crippen LogP contribution is 2.32. The second-order valence-electron chi connectivity index (χ2n) is 5.32. The standard InChI is InChI=1S/C15H18BrF2NO/c16-8-11-2-1-3-12(11)9-19-15(20)6-10-4-5-13(17)7-14(10)18/h4-5,7,11-12H,1-3,6,8-9H2,(H,19,20). The van der Waals surface area contributed by atoms with E-state index in [9.17, 15) is 13.6 Å². The number of nitrogens with one attached hydrogen (secondary N) is 1. The van der Waals surface area contributed by atoms with Crippen LogP contribution in [0.15, 0.2) is 18.2 Å². The molecule has 0 aliphatic heterocycles. The molecule has 1 aliphatic carbocycles. The van der Waals surface area contributed by atoms with Crippen LogP contribution in [-0.4, -0.2) is 17.8 Å². The summed E-state index contributed by atoms with van der Waals surface area (Å²) in [6.45, 7) is 0.637. The fraction of sp³-hybridized carbons (Fsp3) is 0.533. The lowest BCUT2D eigenvalue weighted by atomic mass is 9.98. The first-order valence-electron chi connectivity index (χ1n) is 6.86. The maximum Gasteiger partial charge on any atom is 0.224 e. The Balaban J connectivity index is 1.83. The molecule has 5 heteroatoms. The van der Waals surface area contributed by atoms with Crippen molar-refractivity contribution in [1.29, 1.82) is 0 Å². The first-order valence-corrected chi connectivity index (χ1v) is 7.99. The average molecular weight is 346 g/mol. The highest BCUT2D eigenvalue weighted by atomic mass is 79.9. The van der Waals surface area contributed by atoms with Gasteiger partial charge >= 0.3 is 0 Å². The van der Waals surface area contributed by atoms with Gasteiger partial charge in [-0.1, -0.05) is 28.4 Å². The van der Waals surface area contributed by atoms with Crippen molar-refractivity contribution in [1.82, 2.24) is 5.32 Å². The van der Waals surface area contributed by atoms with Crippen molar-refractivity contribution in [2.24, 2.45) is 11.8 Å². The van der Waals surface area contributed by atoms with Crippen molar-refractivity contribution in [2.45, 2.75) is 25.7 Å². The van der Waals surface area contributed by atoms with Crippen LogP contribution in [0.5, 0.6) is 0 Å². The Morgan fingerprint density at radius 2 is 2.05 bits per heavy atom. The largest absolute Gasteiger partial charge is 0.356 e. The van der Waals surface area contributed by atoms with Crippen LogP contribution in [0, 0.1) is 23.5 Å². The number of hydrogen-bond donors (Lipinski definition) is 1. The van der Waals surface area contributed by atoms with Crippen molar-refractivity contribution in [2.75, 3.05) is 11.9 Å². The van der Waals surface area contributed by atoms with E-state index < -0.39 is 11.6 Å². The summed E-state index contributed by atoms with van der Waals surface area (Å²) in [6.07, 6.45) is 3.47. The quantitative estimate of drug-likeness (QED) is 0.814. The third-order valence-corrected chi connectivity index (χ3v) is 4.77. The van der Waals surface area contributed by atoms with Crippen LogP contribution in [0.4, 0.5) is 8.78 Å². The Kier molecular flexibility index (Phi) is 5.52. The summed E-state index contributed by atoms with van der Waals surface area (Å²) in [4.78, 5) is 11.8. The first-order chi connectivity index (χ1) is 9.60. The third-order valence-electron chi connectivity index (χ3n) is 3.94. The van der Waals surface area contributed by atoms with Gasteiger partial charge in [-0.2, -0.15) is 0 Å². The minimum absolute atomic E-state index is 0.0438. The van der Waals surface area contributed by atoms with Crippen LogP contribution in [0.1, 0.15) is 24.8 Å². The van der Waals surface area contributed by atoms with E-state index in [4.69, 9.17) is 0 Å². The molecule has 110 valence electrons. The van der Waals surface area contributed by atoms with E-state index >= 15 is 0 Å². The van der Waals surface area contributed by atoms with Gasteiger partial charge in [-0.05, 0) is 36.3 Å². The minimum atomic E-state index is -0.667. The summed E-state index contributed by atoms with van der Waals surface area (Å²) in [5.41, 5.74) is 0.229. The Morgan fingerprint density at radius 3 is 2.75 bits per heavy atom. The zero-order valence-corrected chi connectivity index (χ0v) is 12.8. The van der Waals surface area contributed by atoms with E-state index in [1.807, 2.05) is 0 Å². The molecule has 1 aromatic carbocycles. The second-order valence-corrected chi connectivity index (χ2v) is 5.97. The van der Waals surface area contributed by atoms with Crippen LogP contribution in [0.25, 0.3) is 0 Å². The molecule has 2 atom stereocenters. The molecule has 1 fully saturated rings. The van der Waals surface area contributed by atoms with Crippen LogP contribution in [0.3, 0.4) is 0 Å². The molecule has 2 nitrogen and oxygen atoms in total. The lowest BCUT2D eigenvalue weighted by Gasteiger charge is -2.17. The molecule has 1 aromatic rings. The smallest absolute Gasteiger partial charge is 0.224 e. The summed E-state index contributed by atoms with van der Waals surface area (Å²) in [7, 11) is 0. The van der Waals surface area contributed by atoms with E-state index in [-0.39, 0.29) is 17.9 Å². The number of carbonyl (C=O) groups is 1. The number of amides is 1. The normalized spacial score (nSPS) is 21.9. The van der Waals surface area contributed by atoms with Gasteiger partial charge in [0.15, 0.2) is 0 Å². The van der Waals surface area contributed by atoms with E-state index in [0.29, 0.717) is 18.4 Å². The Labute approximate surface area is 126 Å². The number of rotatable bonds is 5. The molecule has 2 rings (SSSR count). The Hall–Kier alpha value is -0.970. The molecule has 2 unspecified atom stereocenters. The molecular weight excluding hydrogens is 328 g/mol. The van der Waals surface area contributed by atoms with Gasteiger partial charge in [0.2, 0.25) is 5.91 Å². The molecule has 0 heterocycles. The molecule has 20 heavy (non-hydrogen) atoms. The van der Waals surface area contributed by atoms with Crippen molar-refractivity contribution >= 4 is 21.8 Å². The highest BCUT2D eigenvalue weighted by Gasteiger charge is 2.26. The average Bonchev–Trinajstić information content (AvgIpc) is 2.87. The molecule has 1 saturated carbocycles. The maximum atomic E-state index is 13.4. The summed E-state index contributed by atoms with van der Waals surface area (Å²) >= 11 is 3.50. The molecule has 1 N–H and O–H groups in total. The monoisotopic (exact) mass is 345 g/mol. The van der Waals surface area contributed by atoms with Gasteiger partial charge < -0.3 is 5.32 Å². The van der Waals surface area contributed by atoms with Gasteiger partial charge in [0, 0.05) is 17.9 Å². The lowest BCUT2D eigenvalue weighted by Crippen LogP contribution is -2.32. The summed E-state index contributed by atoms with van der Waals surface area (Å²) in [5, 5.41) is 3.82. The van der Waals surface area contributed by atoms with Crippen LogP contribution < -0.4 is 5.32 Å². The lowest BCUT2D eigenvalue weighted by molar-refractivity contribution is -0.120. The van der Waals surface area contributed by atoms with Gasteiger partial charge in [-0.3, -0.25) is 4.79 Å². The topological polar surface area (TPSA) is 29.1 Å². The molecule has 1 amide bonds. The summed E-state index contributed by atoms with van der Waals surface area (Å²) in [5.74, 6) is -0.401. The van der Waals surface area contributed by atoms with Crippen LogP contribution in [-0.2, 0) is 11.2 Å². The third kappa shape index (κ3) is 4.01. The predicted molar refractivity (Wildman–Crippen MR) is 77.7 cm³/mol. The Bertz CT molecular complexity index is 481. The van der Waals surface area contributed by atoms with Crippen molar-refractivity contribution in [3.63, 3.8) is 0 Å². The van der Waals surface area contributed by atoms with E-state index in [1.165, 1.54) is 25.0 Å². The van der Waals surface area contributed by atoms with Crippen molar-refractivity contribution in [3.8, 4) is 0 Å². The van der Waals surface area contributed by atoms with Crippen LogP contribution >= 0.6 is 15.9 Å². The van der Waals surface area contributed by atoms with Gasteiger partial charge in [-0.25, -0.2) is 8.78 Å². The fourth-order valence-corrected chi connectivity index (χ4v) is 3.58. The zero-order valence-electron chi connectivity index (χ0n) is 11.2. The van der Waals surface area contributed by atoms with Gasteiger partial charge in [0.05, 0.1) is 6.42 Å². The first kappa shape index (κ1) is 15.4. The maximum absolute atomic E-state index is 13.4. The van der Waals surface area contributed by atoms with Gasteiger partial charge in [0.25, 0.3) is 0 Å². The second kappa shape index (κ2) is 7.16. The predicted octanol–water partition coefficient (Wildman–Crippen LogP) is 3.43. The molecule has 0 spiro atoms. The number of benzene rings is 1. The summed E-state index contributed by atoms with van der Waals surface area (Å²) in [6, 6.07) is 3.30. The number of carbonyl (C=O) groups excluding carboxylic acids is 1. The van der Waals surface area contributed by atoms with E-state index in [1.54, 1.807) is 0 Å². The number of hydrogen-bond acceptors (Lipinski definition) is 1. The SMILES string of the molecule is O=C(Cc1ccc(F)cc1F)NCC1CCCC1CBr. The Morgan fingerprint density at radius 1 is 1.30 bits per heavy atom.